The minimum absolute atomic E-state index is 0.0351. The fraction of sp³-hybridized carbons (Fsp3) is 0.200. The van der Waals surface area contributed by atoms with E-state index in [1.807, 2.05) is 0 Å². The third-order valence-corrected chi connectivity index (χ3v) is 4.04. The van der Waals surface area contributed by atoms with Crippen LogP contribution in [0.1, 0.15) is 16.3 Å². The molecule has 8 heteroatoms. The molecule has 0 saturated heterocycles. The number of benzene rings is 1. The van der Waals surface area contributed by atoms with E-state index in [-0.39, 0.29) is 23.0 Å². The second-order valence-electron chi connectivity index (χ2n) is 4.55. The van der Waals surface area contributed by atoms with E-state index in [0.29, 0.717) is 11.4 Å². The summed E-state index contributed by atoms with van der Waals surface area (Å²) < 4.78 is 22.1. The molecule has 1 unspecified atom stereocenters. The Hall–Kier alpha value is -2.61. The molecule has 2 aromatic rings. The molecule has 1 aromatic carbocycles. The van der Waals surface area contributed by atoms with Gasteiger partial charge in [-0.05, 0) is 24.3 Å². The van der Waals surface area contributed by atoms with Crippen molar-refractivity contribution in [3.63, 3.8) is 0 Å². The number of anilines is 1. The maximum Gasteiger partial charge on any atom is 0.371 e. The summed E-state index contributed by atoms with van der Waals surface area (Å²) in [6.07, 6.45) is 0. The van der Waals surface area contributed by atoms with Crippen molar-refractivity contribution < 1.29 is 28.1 Å². The molecule has 122 valence electrons. The number of methoxy groups -OCH3 is 1. The number of carbonyl (C=O) groups excluding carboxylic acids is 1. The highest BCUT2D eigenvalue weighted by atomic mass is 32.2. The Labute approximate surface area is 134 Å². The monoisotopic (exact) mass is 337 g/mol. The molecule has 2 N–H and O–H groups in total. The minimum atomic E-state index is -1.52. The molecule has 1 amide bonds. The number of carboxylic acid groups (broad SMARTS) is 1. The highest BCUT2D eigenvalue weighted by molar-refractivity contribution is 7.84. The van der Waals surface area contributed by atoms with Crippen molar-refractivity contribution in [2.45, 2.75) is 5.75 Å². The van der Waals surface area contributed by atoms with Crippen LogP contribution in [0.2, 0.25) is 0 Å². The van der Waals surface area contributed by atoms with Crippen LogP contribution in [0.4, 0.5) is 5.69 Å². The largest absolute Gasteiger partial charge is 0.495 e. The van der Waals surface area contributed by atoms with Crippen LogP contribution in [0.3, 0.4) is 0 Å². The van der Waals surface area contributed by atoms with Gasteiger partial charge in [-0.1, -0.05) is 12.1 Å². The van der Waals surface area contributed by atoms with E-state index in [9.17, 15) is 13.8 Å². The van der Waals surface area contributed by atoms with E-state index >= 15 is 0 Å². The summed E-state index contributed by atoms with van der Waals surface area (Å²) in [6, 6.07) is 9.59. The zero-order chi connectivity index (χ0) is 16.8. The first-order valence-corrected chi connectivity index (χ1v) is 8.08. The Morgan fingerprint density at radius 1 is 1.26 bits per heavy atom. The van der Waals surface area contributed by atoms with Gasteiger partial charge in [-0.15, -0.1) is 0 Å². The van der Waals surface area contributed by atoms with Gasteiger partial charge in [0.05, 0.1) is 18.6 Å². The number of nitrogens with one attached hydrogen (secondary N) is 1. The highest BCUT2D eigenvalue weighted by Gasteiger charge is 2.14. The highest BCUT2D eigenvalue weighted by Crippen LogP contribution is 2.22. The topological polar surface area (TPSA) is 106 Å². The first kappa shape index (κ1) is 16.8. The molecule has 23 heavy (non-hydrogen) atoms. The van der Waals surface area contributed by atoms with E-state index in [4.69, 9.17) is 14.3 Å². The van der Waals surface area contributed by atoms with Crippen molar-refractivity contribution in [3.8, 4) is 5.75 Å². The van der Waals surface area contributed by atoms with Crippen molar-refractivity contribution in [2.24, 2.45) is 0 Å². The lowest BCUT2D eigenvalue weighted by molar-refractivity contribution is -0.113. The van der Waals surface area contributed by atoms with Crippen LogP contribution in [0, 0.1) is 0 Å². The number of carbonyl (C=O) groups is 2. The summed E-state index contributed by atoms with van der Waals surface area (Å²) in [5.74, 6) is -1.37. The number of rotatable bonds is 7. The SMILES string of the molecule is COc1ccccc1NC(=O)CS(=O)Cc1ccc(C(=O)O)o1. The molecule has 0 fully saturated rings. The van der Waals surface area contributed by atoms with Gasteiger partial charge in [-0.2, -0.15) is 0 Å². The van der Waals surface area contributed by atoms with E-state index in [1.54, 1.807) is 24.3 Å². The molecule has 7 nitrogen and oxygen atoms in total. The van der Waals surface area contributed by atoms with Crippen molar-refractivity contribution in [3.05, 3.63) is 47.9 Å². The number of aromatic carboxylic acids is 1. The van der Waals surface area contributed by atoms with Crippen molar-refractivity contribution in [1.82, 2.24) is 0 Å². The molecule has 0 aliphatic heterocycles. The first-order chi connectivity index (χ1) is 11.0. The number of furan rings is 1. The van der Waals surface area contributed by atoms with E-state index < -0.39 is 22.7 Å². The third-order valence-electron chi connectivity index (χ3n) is 2.85. The van der Waals surface area contributed by atoms with Crippen LogP contribution in [0.15, 0.2) is 40.8 Å². The predicted molar refractivity (Wildman–Crippen MR) is 84.0 cm³/mol. The fourth-order valence-corrected chi connectivity index (χ4v) is 2.80. The molecule has 0 bridgehead atoms. The summed E-state index contributed by atoms with van der Waals surface area (Å²) >= 11 is 0. The van der Waals surface area contributed by atoms with Crippen LogP contribution < -0.4 is 10.1 Å². The van der Waals surface area contributed by atoms with Crippen molar-refractivity contribution >= 4 is 28.4 Å². The zero-order valence-corrected chi connectivity index (χ0v) is 13.1. The van der Waals surface area contributed by atoms with E-state index in [2.05, 4.69) is 5.32 Å². The average molecular weight is 337 g/mol. The Balaban J connectivity index is 1.91. The van der Waals surface area contributed by atoms with Crippen LogP contribution in [-0.2, 0) is 21.3 Å². The molecule has 2 rings (SSSR count). The van der Waals surface area contributed by atoms with Gasteiger partial charge >= 0.3 is 5.97 Å². The molecule has 0 saturated carbocycles. The second-order valence-corrected chi connectivity index (χ2v) is 6.01. The molecular weight excluding hydrogens is 322 g/mol. The van der Waals surface area contributed by atoms with Gasteiger partial charge in [0, 0.05) is 10.8 Å². The van der Waals surface area contributed by atoms with Gasteiger partial charge in [-0.25, -0.2) is 4.79 Å². The summed E-state index contributed by atoms with van der Waals surface area (Å²) in [5.41, 5.74) is 0.489. The number of ether oxygens (including phenoxy) is 1. The van der Waals surface area contributed by atoms with Gasteiger partial charge in [0.25, 0.3) is 0 Å². The molecule has 1 aromatic heterocycles. The number of para-hydroxylation sites is 2. The maximum absolute atomic E-state index is 12.0. The Bertz CT molecular complexity index is 739. The van der Waals surface area contributed by atoms with Gasteiger partial charge in [0.2, 0.25) is 11.7 Å². The first-order valence-electron chi connectivity index (χ1n) is 6.59. The Morgan fingerprint density at radius 3 is 2.65 bits per heavy atom. The lowest BCUT2D eigenvalue weighted by Gasteiger charge is -2.09. The smallest absolute Gasteiger partial charge is 0.371 e. The molecular formula is C15H15NO6S. The Kier molecular flexibility index (Phi) is 5.53. The van der Waals surface area contributed by atoms with E-state index in [0.717, 1.165) is 0 Å². The molecule has 1 atom stereocenters. The zero-order valence-electron chi connectivity index (χ0n) is 12.3. The molecule has 0 aliphatic rings. The van der Waals surface area contributed by atoms with Crippen LogP contribution >= 0.6 is 0 Å². The Morgan fingerprint density at radius 2 is 2.00 bits per heavy atom. The van der Waals surface area contributed by atoms with E-state index in [1.165, 1.54) is 19.2 Å². The minimum Gasteiger partial charge on any atom is -0.495 e. The predicted octanol–water partition coefficient (Wildman–Crippen LogP) is 1.87. The van der Waals surface area contributed by atoms with Crippen molar-refractivity contribution in [2.75, 3.05) is 18.2 Å². The average Bonchev–Trinajstić information content (AvgIpc) is 2.96. The number of hydrogen-bond donors (Lipinski definition) is 2. The summed E-state index contributed by atoms with van der Waals surface area (Å²) in [5, 5.41) is 11.4. The van der Waals surface area contributed by atoms with Gasteiger partial charge < -0.3 is 19.6 Å². The van der Waals surface area contributed by atoms with Crippen molar-refractivity contribution in [1.29, 1.82) is 0 Å². The summed E-state index contributed by atoms with van der Waals surface area (Å²) in [4.78, 5) is 22.6. The molecule has 0 spiro atoms. The van der Waals surface area contributed by atoms with Crippen LogP contribution in [0.25, 0.3) is 0 Å². The normalized spacial score (nSPS) is 11.7. The number of hydrogen-bond acceptors (Lipinski definition) is 5. The third kappa shape index (κ3) is 4.68. The van der Waals surface area contributed by atoms with Crippen LogP contribution in [-0.4, -0.2) is 34.1 Å². The van der Waals surface area contributed by atoms with Gasteiger partial charge in [0.1, 0.15) is 17.3 Å². The lowest BCUT2D eigenvalue weighted by Crippen LogP contribution is -2.20. The summed E-state index contributed by atoms with van der Waals surface area (Å²) in [6.45, 7) is 0. The molecule has 0 radical (unpaired) electrons. The number of carboxylic acids is 1. The molecule has 0 aliphatic carbocycles. The second kappa shape index (κ2) is 7.59. The van der Waals surface area contributed by atoms with Gasteiger partial charge in [-0.3, -0.25) is 9.00 Å². The quantitative estimate of drug-likeness (QED) is 0.799. The summed E-state index contributed by atoms with van der Waals surface area (Å²) in [7, 11) is -0.0365. The molecule has 1 heterocycles. The maximum atomic E-state index is 12.0. The fourth-order valence-electron chi connectivity index (χ4n) is 1.86. The van der Waals surface area contributed by atoms with Crippen LogP contribution in [0.5, 0.6) is 5.75 Å². The lowest BCUT2D eigenvalue weighted by atomic mass is 10.3. The standard InChI is InChI=1S/C15H15NO6S/c1-21-12-5-3-2-4-11(12)16-14(17)9-23(20)8-10-6-7-13(22-10)15(18)19/h2-7H,8-9H2,1H3,(H,16,17)(H,18,19). The number of amides is 1. The van der Waals surface area contributed by atoms with Gasteiger partial charge in [0.15, 0.2) is 0 Å².